The van der Waals surface area contributed by atoms with Gasteiger partial charge in [0.2, 0.25) is 0 Å². The van der Waals surface area contributed by atoms with E-state index >= 15 is 0 Å². The molecule has 1 atom stereocenters. The number of pyridine rings is 1. The Morgan fingerprint density at radius 2 is 1.92 bits per heavy atom. The van der Waals surface area contributed by atoms with E-state index in [9.17, 15) is 4.79 Å². The number of hydrogen-bond acceptors (Lipinski definition) is 5. The van der Waals surface area contributed by atoms with Crippen molar-refractivity contribution in [2.45, 2.75) is 19.4 Å². The van der Waals surface area contributed by atoms with Crippen molar-refractivity contribution in [3.63, 3.8) is 0 Å². The van der Waals surface area contributed by atoms with E-state index in [1.807, 2.05) is 55.5 Å². The molecular formula is C19H19N3O2. The minimum Gasteiger partial charge on any atom is -0.466 e. The number of methoxy groups -OCH3 is 1. The minimum atomic E-state index is -0.357. The summed E-state index contributed by atoms with van der Waals surface area (Å²) in [4.78, 5) is 21.3. The molecule has 122 valence electrons. The topological polar surface area (TPSA) is 63.6 Å². The van der Waals surface area contributed by atoms with Crippen molar-refractivity contribution in [2.24, 2.45) is 4.99 Å². The van der Waals surface area contributed by atoms with Crippen LogP contribution in [-0.4, -0.2) is 29.9 Å². The Bertz CT molecular complexity index is 783. The summed E-state index contributed by atoms with van der Waals surface area (Å²) < 4.78 is 4.95. The number of aliphatic imine (C=N–C) groups is 1. The third kappa shape index (κ3) is 3.35. The first-order chi connectivity index (χ1) is 11.7. The van der Waals surface area contributed by atoms with Crippen LogP contribution >= 0.6 is 0 Å². The number of allylic oxidation sites excluding steroid dienone is 1. The Kier molecular flexibility index (Phi) is 4.70. The molecule has 1 aromatic carbocycles. The number of amidine groups is 1. The van der Waals surface area contributed by atoms with Gasteiger partial charge in [0, 0.05) is 11.9 Å². The van der Waals surface area contributed by atoms with E-state index in [1.54, 1.807) is 6.20 Å². The molecule has 1 unspecified atom stereocenters. The van der Waals surface area contributed by atoms with E-state index in [4.69, 9.17) is 9.73 Å². The first-order valence-electron chi connectivity index (χ1n) is 7.78. The number of ether oxygens (including phenoxy) is 1. The van der Waals surface area contributed by atoms with Crippen LogP contribution in [0.4, 0.5) is 0 Å². The number of benzene rings is 1. The molecule has 5 heteroatoms. The lowest BCUT2D eigenvalue weighted by Crippen LogP contribution is -2.36. The standard InChI is InChI=1S/C19H19N3O2/c1-13-17(19(23)24-2)16(12-14-8-4-3-5-9-14)22-18(21-13)15-10-6-7-11-20-15/h3-11,16H,12H2,1-2H3,(H,21,22). The van der Waals surface area contributed by atoms with E-state index < -0.39 is 0 Å². The molecule has 0 amide bonds. The van der Waals surface area contributed by atoms with Crippen molar-refractivity contribution in [3.05, 3.63) is 77.3 Å². The van der Waals surface area contributed by atoms with Gasteiger partial charge in [-0.3, -0.25) is 9.98 Å². The second-order valence-electron chi connectivity index (χ2n) is 5.55. The molecule has 5 nitrogen and oxygen atoms in total. The van der Waals surface area contributed by atoms with Crippen molar-refractivity contribution >= 4 is 11.8 Å². The number of nitrogens with zero attached hydrogens (tertiary/aromatic N) is 2. The van der Waals surface area contributed by atoms with Crippen molar-refractivity contribution < 1.29 is 9.53 Å². The normalized spacial score (nSPS) is 17.1. The zero-order chi connectivity index (χ0) is 16.9. The van der Waals surface area contributed by atoms with Crippen LogP contribution < -0.4 is 5.32 Å². The summed E-state index contributed by atoms with van der Waals surface area (Å²) in [5.41, 5.74) is 3.17. The maximum absolute atomic E-state index is 12.2. The Labute approximate surface area is 141 Å². The van der Waals surface area contributed by atoms with Crippen molar-refractivity contribution in [2.75, 3.05) is 7.11 Å². The molecule has 3 rings (SSSR count). The molecule has 0 bridgehead atoms. The van der Waals surface area contributed by atoms with Gasteiger partial charge < -0.3 is 10.1 Å². The third-order valence-electron chi connectivity index (χ3n) is 3.91. The smallest absolute Gasteiger partial charge is 0.337 e. The molecule has 0 aliphatic carbocycles. The average Bonchev–Trinajstić information content (AvgIpc) is 2.62. The summed E-state index contributed by atoms with van der Waals surface area (Å²) in [5, 5.41) is 3.18. The van der Waals surface area contributed by atoms with E-state index in [2.05, 4.69) is 10.3 Å². The molecule has 2 heterocycles. The molecule has 24 heavy (non-hydrogen) atoms. The van der Waals surface area contributed by atoms with Gasteiger partial charge in [-0.25, -0.2) is 4.79 Å². The zero-order valence-electron chi connectivity index (χ0n) is 13.7. The Morgan fingerprint density at radius 1 is 1.17 bits per heavy atom. The molecule has 1 N–H and O–H groups in total. The molecule has 0 saturated carbocycles. The molecule has 1 aliphatic rings. The summed E-state index contributed by atoms with van der Waals surface area (Å²) in [6.45, 7) is 1.86. The largest absolute Gasteiger partial charge is 0.466 e. The maximum atomic E-state index is 12.2. The van der Waals surface area contributed by atoms with Crippen LogP contribution in [0.25, 0.3) is 0 Å². The predicted molar refractivity (Wildman–Crippen MR) is 92.6 cm³/mol. The van der Waals surface area contributed by atoms with Crippen LogP contribution in [0, 0.1) is 0 Å². The van der Waals surface area contributed by atoms with Gasteiger partial charge in [-0.2, -0.15) is 0 Å². The summed E-state index contributed by atoms with van der Waals surface area (Å²) >= 11 is 0. The van der Waals surface area contributed by atoms with Gasteiger partial charge in [-0.15, -0.1) is 0 Å². The van der Waals surface area contributed by atoms with E-state index in [-0.39, 0.29) is 12.0 Å². The zero-order valence-corrected chi connectivity index (χ0v) is 13.7. The molecule has 1 aliphatic heterocycles. The van der Waals surface area contributed by atoms with Crippen LogP contribution in [0.1, 0.15) is 18.2 Å². The number of carbonyl (C=O) groups is 1. The molecule has 2 aromatic rings. The van der Waals surface area contributed by atoms with Crippen LogP contribution in [0.3, 0.4) is 0 Å². The molecule has 1 aromatic heterocycles. The predicted octanol–water partition coefficient (Wildman–Crippen LogP) is 2.49. The Morgan fingerprint density at radius 3 is 2.58 bits per heavy atom. The second-order valence-corrected chi connectivity index (χ2v) is 5.55. The molecule has 0 radical (unpaired) electrons. The monoisotopic (exact) mass is 321 g/mol. The van der Waals surface area contributed by atoms with Gasteiger partial charge in [0.15, 0.2) is 5.84 Å². The number of aromatic nitrogens is 1. The lowest BCUT2D eigenvalue weighted by Gasteiger charge is -2.25. The average molecular weight is 321 g/mol. The Hall–Kier alpha value is -2.95. The fourth-order valence-electron chi connectivity index (χ4n) is 2.76. The number of esters is 1. The first kappa shape index (κ1) is 15.9. The van der Waals surface area contributed by atoms with Crippen molar-refractivity contribution in [1.29, 1.82) is 0 Å². The van der Waals surface area contributed by atoms with Gasteiger partial charge in [-0.05, 0) is 31.0 Å². The fraction of sp³-hybridized carbons (Fsp3) is 0.211. The van der Waals surface area contributed by atoms with Crippen molar-refractivity contribution in [1.82, 2.24) is 10.3 Å². The highest BCUT2D eigenvalue weighted by atomic mass is 16.5. The number of rotatable bonds is 4. The molecular weight excluding hydrogens is 302 g/mol. The number of carbonyl (C=O) groups excluding carboxylic acids is 1. The SMILES string of the molecule is COC(=O)C1=C(C)NC(c2ccccn2)=NC1Cc1ccccc1. The van der Waals surface area contributed by atoms with Gasteiger partial charge >= 0.3 is 5.97 Å². The summed E-state index contributed by atoms with van der Waals surface area (Å²) in [6.07, 6.45) is 2.35. The second kappa shape index (κ2) is 7.08. The number of hydrogen-bond donors (Lipinski definition) is 1. The highest BCUT2D eigenvalue weighted by molar-refractivity contribution is 6.02. The van der Waals surface area contributed by atoms with E-state index in [0.717, 1.165) is 17.0 Å². The summed E-state index contributed by atoms with van der Waals surface area (Å²) in [6, 6.07) is 15.3. The quantitative estimate of drug-likeness (QED) is 0.879. The van der Waals surface area contributed by atoms with E-state index in [1.165, 1.54) is 7.11 Å². The minimum absolute atomic E-state index is 0.307. The maximum Gasteiger partial charge on any atom is 0.337 e. The van der Waals surface area contributed by atoms with Gasteiger partial charge in [0.1, 0.15) is 5.69 Å². The molecule has 0 spiro atoms. The van der Waals surface area contributed by atoms with Gasteiger partial charge in [-0.1, -0.05) is 36.4 Å². The van der Waals surface area contributed by atoms with Crippen molar-refractivity contribution in [3.8, 4) is 0 Å². The lowest BCUT2D eigenvalue weighted by molar-refractivity contribution is -0.136. The summed E-state index contributed by atoms with van der Waals surface area (Å²) in [7, 11) is 1.39. The number of nitrogens with one attached hydrogen (secondary N) is 1. The molecule has 0 fully saturated rings. The Balaban J connectivity index is 1.98. The van der Waals surface area contributed by atoms with Crippen LogP contribution in [0.5, 0.6) is 0 Å². The van der Waals surface area contributed by atoms with Gasteiger partial charge in [0.05, 0.1) is 18.7 Å². The highest BCUT2D eigenvalue weighted by Gasteiger charge is 2.29. The first-order valence-corrected chi connectivity index (χ1v) is 7.78. The van der Waals surface area contributed by atoms with Gasteiger partial charge in [0.25, 0.3) is 0 Å². The van der Waals surface area contributed by atoms with E-state index in [0.29, 0.717) is 17.8 Å². The highest BCUT2D eigenvalue weighted by Crippen LogP contribution is 2.22. The third-order valence-corrected chi connectivity index (χ3v) is 3.91. The molecule has 0 saturated heterocycles. The lowest BCUT2D eigenvalue weighted by atomic mass is 9.96. The summed E-state index contributed by atoms with van der Waals surface area (Å²) in [5.74, 6) is 0.312. The van der Waals surface area contributed by atoms with Crippen LogP contribution in [-0.2, 0) is 16.0 Å². The van der Waals surface area contributed by atoms with Crippen LogP contribution in [0.2, 0.25) is 0 Å². The fourth-order valence-corrected chi connectivity index (χ4v) is 2.76. The van der Waals surface area contributed by atoms with Crippen LogP contribution in [0.15, 0.2) is 71.0 Å².